The molecule has 0 saturated heterocycles. The summed E-state index contributed by atoms with van der Waals surface area (Å²) in [6, 6.07) is 5.64. The van der Waals surface area contributed by atoms with Gasteiger partial charge in [0.2, 0.25) is 0 Å². The number of halogens is 2. The molecule has 0 radical (unpaired) electrons. The van der Waals surface area contributed by atoms with Crippen LogP contribution >= 0.6 is 23.2 Å². The maximum Gasteiger partial charge on any atom is 0.132 e. The molecular weight excluding hydrogens is 293 g/mol. The van der Waals surface area contributed by atoms with Crippen LogP contribution in [0.2, 0.25) is 10.0 Å². The Kier molecular flexibility index (Phi) is 4.31. The van der Waals surface area contributed by atoms with Gasteiger partial charge in [-0.1, -0.05) is 43.1 Å². The normalized spacial score (nSPS) is 11.6. The van der Waals surface area contributed by atoms with Crippen molar-refractivity contribution in [2.75, 3.05) is 5.73 Å². The second-order valence-electron chi connectivity index (χ2n) is 5.42. The third kappa shape index (κ3) is 2.52. The Morgan fingerprint density at radius 3 is 2.05 bits per heavy atom. The highest BCUT2D eigenvalue weighted by molar-refractivity contribution is 6.39. The monoisotopic (exact) mass is 311 g/mol. The van der Waals surface area contributed by atoms with Gasteiger partial charge in [-0.15, -0.1) is 0 Å². The van der Waals surface area contributed by atoms with E-state index in [1.54, 1.807) is 12.1 Å². The van der Waals surface area contributed by atoms with E-state index in [-0.39, 0.29) is 12.0 Å². The molecule has 0 aliphatic carbocycles. The molecule has 0 unspecified atom stereocenters. The first-order chi connectivity index (χ1) is 9.34. The molecule has 0 spiro atoms. The zero-order chi connectivity index (χ0) is 15.0. The summed E-state index contributed by atoms with van der Waals surface area (Å²) >= 11 is 12.5. The number of anilines is 1. The van der Waals surface area contributed by atoms with Gasteiger partial charge in [0, 0.05) is 17.5 Å². The zero-order valence-corrected chi connectivity index (χ0v) is 13.6. The summed E-state index contributed by atoms with van der Waals surface area (Å²) in [5.74, 6) is 1.83. The van der Waals surface area contributed by atoms with Gasteiger partial charge in [-0.25, -0.2) is 4.98 Å². The Morgan fingerprint density at radius 2 is 1.65 bits per heavy atom. The maximum atomic E-state index is 6.30. The van der Waals surface area contributed by atoms with Crippen molar-refractivity contribution in [3.8, 4) is 11.3 Å². The summed E-state index contributed by atoms with van der Waals surface area (Å²) in [5.41, 5.74) is 7.66. The van der Waals surface area contributed by atoms with Crippen molar-refractivity contribution in [2.24, 2.45) is 0 Å². The van der Waals surface area contributed by atoms with E-state index in [1.807, 2.05) is 10.6 Å². The average molecular weight is 312 g/mol. The van der Waals surface area contributed by atoms with Gasteiger partial charge < -0.3 is 10.3 Å². The molecule has 108 valence electrons. The van der Waals surface area contributed by atoms with Gasteiger partial charge in [-0.05, 0) is 26.0 Å². The number of aromatic nitrogens is 2. The van der Waals surface area contributed by atoms with Crippen molar-refractivity contribution >= 4 is 29.0 Å². The Labute approximate surface area is 129 Å². The molecule has 3 nitrogen and oxygen atoms in total. The zero-order valence-electron chi connectivity index (χ0n) is 12.1. The van der Waals surface area contributed by atoms with E-state index in [2.05, 4.69) is 27.7 Å². The number of nitrogens with zero attached hydrogens (tertiary/aromatic N) is 2. The van der Waals surface area contributed by atoms with Crippen molar-refractivity contribution in [1.29, 1.82) is 0 Å². The number of nitrogens with two attached hydrogens (primary N) is 1. The lowest BCUT2D eigenvalue weighted by Gasteiger charge is -2.15. The molecule has 0 atom stereocenters. The maximum absolute atomic E-state index is 6.30. The van der Waals surface area contributed by atoms with E-state index in [0.29, 0.717) is 27.1 Å². The topological polar surface area (TPSA) is 43.8 Å². The van der Waals surface area contributed by atoms with Gasteiger partial charge in [-0.2, -0.15) is 0 Å². The Morgan fingerprint density at radius 1 is 1.10 bits per heavy atom. The third-order valence-electron chi connectivity index (χ3n) is 3.21. The van der Waals surface area contributed by atoms with Gasteiger partial charge in [0.1, 0.15) is 17.3 Å². The molecule has 2 N–H and O–H groups in total. The van der Waals surface area contributed by atoms with Crippen LogP contribution in [0.3, 0.4) is 0 Å². The van der Waals surface area contributed by atoms with E-state index < -0.39 is 0 Å². The number of nitrogen functional groups attached to an aromatic ring is 1. The number of hydrogen-bond acceptors (Lipinski definition) is 2. The van der Waals surface area contributed by atoms with Gasteiger partial charge in [0.25, 0.3) is 0 Å². The van der Waals surface area contributed by atoms with Crippen LogP contribution in [0.5, 0.6) is 0 Å². The molecule has 0 aliphatic rings. The van der Waals surface area contributed by atoms with E-state index in [4.69, 9.17) is 33.9 Å². The van der Waals surface area contributed by atoms with Crippen LogP contribution in [0.15, 0.2) is 18.2 Å². The van der Waals surface area contributed by atoms with Crippen molar-refractivity contribution < 1.29 is 0 Å². The lowest BCUT2D eigenvalue weighted by Crippen LogP contribution is -2.10. The fourth-order valence-electron chi connectivity index (χ4n) is 2.32. The number of hydrogen-bond donors (Lipinski definition) is 1. The molecular formula is C15H19Cl2N3. The van der Waals surface area contributed by atoms with Gasteiger partial charge >= 0.3 is 0 Å². The lowest BCUT2D eigenvalue weighted by atomic mass is 10.1. The first-order valence-corrected chi connectivity index (χ1v) is 7.42. The second-order valence-corrected chi connectivity index (χ2v) is 6.23. The Balaban J connectivity index is 2.73. The number of benzene rings is 1. The summed E-state index contributed by atoms with van der Waals surface area (Å²) in [7, 11) is 0. The van der Waals surface area contributed by atoms with Crippen LogP contribution in [0.4, 0.5) is 5.82 Å². The summed E-state index contributed by atoms with van der Waals surface area (Å²) in [6.45, 7) is 8.36. The van der Waals surface area contributed by atoms with Crippen LogP contribution in [0.25, 0.3) is 11.3 Å². The fourth-order valence-corrected chi connectivity index (χ4v) is 2.90. The van der Waals surface area contributed by atoms with E-state index >= 15 is 0 Å². The highest BCUT2D eigenvalue weighted by atomic mass is 35.5. The molecule has 2 aromatic rings. The fraction of sp³-hybridized carbons (Fsp3) is 0.400. The highest BCUT2D eigenvalue weighted by Gasteiger charge is 2.22. The van der Waals surface area contributed by atoms with Crippen LogP contribution in [-0.2, 0) is 0 Å². The minimum Gasteiger partial charge on any atom is -0.383 e. The molecule has 0 bridgehead atoms. The largest absolute Gasteiger partial charge is 0.383 e. The first kappa shape index (κ1) is 15.2. The number of imidazole rings is 1. The second kappa shape index (κ2) is 5.66. The summed E-state index contributed by atoms with van der Waals surface area (Å²) in [5, 5.41) is 1.13. The Hall–Kier alpha value is -1.19. The molecule has 20 heavy (non-hydrogen) atoms. The van der Waals surface area contributed by atoms with Crippen molar-refractivity contribution in [2.45, 2.75) is 39.7 Å². The average Bonchev–Trinajstić information content (AvgIpc) is 2.67. The van der Waals surface area contributed by atoms with E-state index in [9.17, 15) is 0 Å². The smallest absolute Gasteiger partial charge is 0.132 e. The molecule has 1 heterocycles. The third-order valence-corrected chi connectivity index (χ3v) is 3.84. The predicted octanol–water partition coefficient (Wildman–Crippen LogP) is 5.14. The van der Waals surface area contributed by atoms with Crippen LogP contribution in [0.1, 0.15) is 45.5 Å². The molecule has 1 aromatic carbocycles. The Bertz CT molecular complexity index is 610. The van der Waals surface area contributed by atoms with Gasteiger partial charge in [0.05, 0.1) is 10.0 Å². The first-order valence-electron chi connectivity index (χ1n) is 6.66. The van der Waals surface area contributed by atoms with Crippen molar-refractivity contribution in [3.63, 3.8) is 0 Å². The molecule has 0 aliphatic heterocycles. The molecule has 0 saturated carbocycles. The molecule has 5 heteroatoms. The summed E-state index contributed by atoms with van der Waals surface area (Å²) in [4.78, 5) is 4.69. The highest BCUT2D eigenvalue weighted by Crippen LogP contribution is 2.39. The predicted molar refractivity (Wildman–Crippen MR) is 86.6 cm³/mol. The lowest BCUT2D eigenvalue weighted by molar-refractivity contribution is 0.556. The van der Waals surface area contributed by atoms with Crippen LogP contribution in [0, 0.1) is 0 Å². The van der Waals surface area contributed by atoms with E-state index in [1.165, 1.54) is 0 Å². The SMILES string of the molecule is CC(C)c1nc(-c2c(Cl)cccc2Cl)c(N)n1C(C)C. The van der Waals surface area contributed by atoms with Gasteiger partial charge in [0.15, 0.2) is 0 Å². The van der Waals surface area contributed by atoms with Crippen LogP contribution in [-0.4, -0.2) is 9.55 Å². The van der Waals surface area contributed by atoms with Crippen LogP contribution < -0.4 is 5.73 Å². The van der Waals surface area contributed by atoms with Gasteiger partial charge in [-0.3, -0.25) is 0 Å². The quantitative estimate of drug-likeness (QED) is 0.852. The standard InChI is InChI=1S/C15H19Cl2N3/c1-8(2)15-19-13(14(18)20(15)9(3)4)12-10(16)6-5-7-11(12)17/h5-9H,18H2,1-4H3. The molecule has 1 aromatic heterocycles. The molecule has 0 amide bonds. The van der Waals surface area contributed by atoms with E-state index in [0.717, 1.165) is 5.82 Å². The number of rotatable bonds is 3. The van der Waals surface area contributed by atoms with Crippen molar-refractivity contribution in [3.05, 3.63) is 34.1 Å². The minimum atomic E-state index is 0.231. The van der Waals surface area contributed by atoms with Crippen molar-refractivity contribution in [1.82, 2.24) is 9.55 Å². The molecule has 2 rings (SSSR count). The minimum absolute atomic E-state index is 0.231. The molecule has 0 fully saturated rings. The summed E-state index contributed by atoms with van der Waals surface area (Å²) < 4.78 is 2.04. The summed E-state index contributed by atoms with van der Waals surface area (Å²) in [6.07, 6.45) is 0.